The number of fused-ring (bicyclic) bond motifs is 1. The summed E-state index contributed by atoms with van der Waals surface area (Å²) in [5, 5.41) is 12.1. The predicted octanol–water partition coefficient (Wildman–Crippen LogP) is 1.62. The van der Waals surface area contributed by atoms with E-state index in [1.54, 1.807) is 6.07 Å². The van der Waals surface area contributed by atoms with Crippen molar-refractivity contribution in [3.05, 3.63) is 29.8 Å². The van der Waals surface area contributed by atoms with E-state index in [9.17, 15) is 14.7 Å². The van der Waals surface area contributed by atoms with E-state index < -0.39 is 12.0 Å². The third-order valence-electron chi connectivity index (χ3n) is 3.72. The molecular weight excluding hydrogens is 244 g/mol. The molecule has 1 atom stereocenters. The van der Waals surface area contributed by atoms with E-state index >= 15 is 0 Å². The topological polar surface area (TPSA) is 69.6 Å². The number of benzene rings is 1. The zero-order chi connectivity index (χ0) is 13.4. The van der Waals surface area contributed by atoms with Gasteiger partial charge < -0.3 is 10.4 Å². The maximum Gasteiger partial charge on any atom is 0.327 e. The van der Waals surface area contributed by atoms with Gasteiger partial charge in [-0.15, -0.1) is 0 Å². The first-order chi connectivity index (χ1) is 9.16. The highest BCUT2D eigenvalue weighted by Crippen LogP contribution is 2.32. The van der Waals surface area contributed by atoms with E-state index in [0.29, 0.717) is 24.6 Å². The highest BCUT2D eigenvalue weighted by Gasteiger charge is 2.38. The van der Waals surface area contributed by atoms with Crippen molar-refractivity contribution in [1.29, 1.82) is 0 Å². The van der Waals surface area contributed by atoms with Gasteiger partial charge >= 0.3 is 12.0 Å². The molecule has 1 fully saturated rings. The van der Waals surface area contributed by atoms with Crippen molar-refractivity contribution in [3.8, 4) is 0 Å². The second kappa shape index (κ2) is 4.57. The van der Waals surface area contributed by atoms with Gasteiger partial charge in [-0.05, 0) is 30.4 Å². The second-order valence-corrected chi connectivity index (χ2v) is 5.19. The number of anilines is 1. The van der Waals surface area contributed by atoms with Crippen LogP contribution in [0, 0.1) is 5.92 Å². The van der Waals surface area contributed by atoms with E-state index in [-0.39, 0.29) is 6.03 Å². The van der Waals surface area contributed by atoms with Gasteiger partial charge in [-0.1, -0.05) is 18.2 Å². The molecule has 2 amide bonds. The fourth-order valence-corrected chi connectivity index (χ4v) is 2.47. The summed E-state index contributed by atoms with van der Waals surface area (Å²) in [6.45, 7) is 0.643. The number of carboxylic acid groups (broad SMARTS) is 1. The Kier molecular flexibility index (Phi) is 2.89. The van der Waals surface area contributed by atoms with Crippen LogP contribution in [0.2, 0.25) is 0 Å². The largest absolute Gasteiger partial charge is 0.480 e. The summed E-state index contributed by atoms with van der Waals surface area (Å²) in [6.07, 6.45) is 2.68. The second-order valence-electron chi connectivity index (χ2n) is 5.19. The smallest absolute Gasteiger partial charge is 0.327 e. The maximum absolute atomic E-state index is 12.2. The Morgan fingerprint density at radius 2 is 2.05 bits per heavy atom. The van der Waals surface area contributed by atoms with Crippen LogP contribution in [0.1, 0.15) is 18.4 Å². The van der Waals surface area contributed by atoms with Crippen LogP contribution in [0.15, 0.2) is 24.3 Å². The molecule has 19 heavy (non-hydrogen) atoms. The SMILES string of the molecule is O=C(O)C1Cc2ccccc2N1C(=O)NCC1CC1. The normalized spacial score (nSPS) is 21.1. The number of para-hydroxylation sites is 1. The monoisotopic (exact) mass is 260 g/mol. The van der Waals surface area contributed by atoms with Gasteiger partial charge in [0.15, 0.2) is 0 Å². The number of aliphatic carboxylic acids is 1. The fourth-order valence-electron chi connectivity index (χ4n) is 2.47. The first-order valence-electron chi connectivity index (χ1n) is 6.54. The van der Waals surface area contributed by atoms with Crippen LogP contribution in [0.4, 0.5) is 10.5 Å². The quantitative estimate of drug-likeness (QED) is 0.867. The summed E-state index contributed by atoms with van der Waals surface area (Å²) in [6, 6.07) is 6.27. The Morgan fingerprint density at radius 3 is 2.74 bits per heavy atom. The van der Waals surface area contributed by atoms with Gasteiger partial charge in [-0.25, -0.2) is 9.59 Å². The number of hydrogen-bond donors (Lipinski definition) is 2. The highest BCUT2D eigenvalue weighted by atomic mass is 16.4. The molecule has 1 unspecified atom stereocenters. The van der Waals surface area contributed by atoms with Crippen LogP contribution in [0.25, 0.3) is 0 Å². The standard InChI is InChI=1S/C14H16N2O3/c17-13(18)12-7-10-3-1-2-4-11(10)16(12)14(19)15-8-9-5-6-9/h1-4,9,12H,5-8H2,(H,15,19)(H,17,18). The van der Waals surface area contributed by atoms with Crippen molar-refractivity contribution < 1.29 is 14.7 Å². The summed E-state index contributed by atoms with van der Waals surface area (Å²) < 4.78 is 0. The molecule has 2 N–H and O–H groups in total. The molecule has 1 heterocycles. The van der Waals surface area contributed by atoms with Gasteiger partial charge in [0.2, 0.25) is 0 Å². The van der Waals surface area contributed by atoms with Gasteiger partial charge in [-0.2, -0.15) is 0 Å². The summed E-state index contributed by atoms with van der Waals surface area (Å²) in [5.41, 5.74) is 1.62. The Morgan fingerprint density at radius 1 is 1.32 bits per heavy atom. The maximum atomic E-state index is 12.2. The molecular formula is C14H16N2O3. The van der Waals surface area contributed by atoms with Crippen molar-refractivity contribution in [2.45, 2.75) is 25.3 Å². The molecule has 0 bridgehead atoms. The molecule has 3 rings (SSSR count). The van der Waals surface area contributed by atoms with Crippen LogP contribution in [-0.2, 0) is 11.2 Å². The molecule has 0 saturated heterocycles. The molecule has 1 aliphatic heterocycles. The Hall–Kier alpha value is -2.04. The van der Waals surface area contributed by atoms with Crippen LogP contribution in [0.3, 0.4) is 0 Å². The lowest BCUT2D eigenvalue weighted by atomic mass is 10.1. The minimum atomic E-state index is -0.960. The molecule has 1 aromatic carbocycles. The lowest BCUT2D eigenvalue weighted by Crippen LogP contribution is -2.48. The van der Waals surface area contributed by atoms with Crippen LogP contribution < -0.4 is 10.2 Å². The van der Waals surface area contributed by atoms with Crippen molar-refractivity contribution >= 4 is 17.7 Å². The van der Waals surface area contributed by atoms with E-state index in [4.69, 9.17) is 0 Å². The van der Waals surface area contributed by atoms with Gasteiger partial charge in [-0.3, -0.25) is 4.90 Å². The fraction of sp³-hybridized carbons (Fsp3) is 0.429. The summed E-state index contributed by atoms with van der Waals surface area (Å²) in [5.74, 6) is -0.386. The number of carbonyl (C=O) groups is 2. The van der Waals surface area contributed by atoms with Gasteiger partial charge in [0, 0.05) is 18.7 Å². The molecule has 5 heteroatoms. The summed E-state index contributed by atoms with van der Waals surface area (Å²) >= 11 is 0. The van der Waals surface area contributed by atoms with E-state index in [1.807, 2.05) is 18.2 Å². The molecule has 0 radical (unpaired) electrons. The van der Waals surface area contributed by atoms with Crippen molar-refractivity contribution in [2.24, 2.45) is 5.92 Å². The third-order valence-corrected chi connectivity index (χ3v) is 3.72. The van der Waals surface area contributed by atoms with Crippen molar-refractivity contribution in [2.75, 3.05) is 11.4 Å². The molecule has 100 valence electrons. The molecule has 0 aromatic heterocycles. The zero-order valence-corrected chi connectivity index (χ0v) is 10.5. The van der Waals surface area contributed by atoms with Crippen LogP contribution >= 0.6 is 0 Å². The Bertz CT molecular complexity index is 525. The average molecular weight is 260 g/mol. The minimum Gasteiger partial charge on any atom is -0.480 e. The van der Waals surface area contributed by atoms with Gasteiger partial charge in [0.25, 0.3) is 0 Å². The molecule has 0 spiro atoms. The zero-order valence-electron chi connectivity index (χ0n) is 10.5. The number of rotatable bonds is 3. The molecule has 1 saturated carbocycles. The molecule has 1 aliphatic carbocycles. The van der Waals surface area contributed by atoms with Crippen molar-refractivity contribution in [3.63, 3.8) is 0 Å². The molecule has 5 nitrogen and oxygen atoms in total. The van der Waals surface area contributed by atoms with Crippen LogP contribution in [-0.4, -0.2) is 29.7 Å². The third kappa shape index (κ3) is 2.28. The van der Waals surface area contributed by atoms with Crippen LogP contribution in [0.5, 0.6) is 0 Å². The van der Waals surface area contributed by atoms with Gasteiger partial charge in [0.1, 0.15) is 6.04 Å². The van der Waals surface area contributed by atoms with Gasteiger partial charge in [0.05, 0.1) is 0 Å². The number of nitrogens with zero attached hydrogens (tertiary/aromatic N) is 1. The Balaban J connectivity index is 1.82. The lowest BCUT2D eigenvalue weighted by molar-refractivity contribution is -0.138. The average Bonchev–Trinajstić information content (AvgIpc) is 3.14. The number of urea groups is 1. The van der Waals surface area contributed by atoms with E-state index in [2.05, 4.69) is 5.32 Å². The lowest BCUT2D eigenvalue weighted by Gasteiger charge is -2.23. The number of hydrogen-bond acceptors (Lipinski definition) is 2. The summed E-state index contributed by atoms with van der Waals surface area (Å²) in [7, 11) is 0. The first-order valence-corrected chi connectivity index (χ1v) is 6.54. The first kappa shape index (κ1) is 12.0. The van der Waals surface area contributed by atoms with E-state index in [1.165, 1.54) is 4.90 Å². The number of carboxylic acids is 1. The number of amides is 2. The highest BCUT2D eigenvalue weighted by molar-refractivity contribution is 6.01. The summed E-state index contributed by atoms with van der Waals surface area (Å²) in [4.78, 5) is 24.9. The molecule has 2 aliphatic rings. The van der Waals surface area contributed by atoms with Crippen molar-refractivity contribution in [1.82, 2.24) is 5.32 Å². The number of carbonyl (C=O) groups excluding carboxylic acids is 1. The predicted molar refractivity (Wildman–Crippen MR) is 70.2 cm³/mol. The number of nitrogens with one attached hydrogen (secondary N) is 1. The van der Waals surface area contributed by atoms with E-state index in [0.717, 1.165) is 18.4 Å². The Labute approximate surface area is 111 Å². The minimum absolute atomic E-state index is 0.302. The molecule has 1 aromatic rings.